The molecule has 1 amide bonds. The molecule has 1 fully saturated rings. The molecule has 0 unspecified atom stereocenters. The van der Waals surface area contributed by atoms with Crippen LogP contribution in [0.25, 0.3) is 11.0 Å². The first-order valence-electron chi connectivity index (χ1n) is 8.33. The number of halogens is 1. The van der Waals surface area contributed by atoms with Crippen LogP contribution in [-0.4, -0.2) is 70.6 Å². The van der Waals surface area contributed by atoms with Crippen molar-refractivity contribution in [1.29, 1.82) is 0 Å². The molecule has 3 heterocycles. The number of likely N-dealkylation sites (tertiary alicyclic amines) is 1. The first kappa shape index (κ1) is 18.3. The molecule has 3 rings (SSSR count). The number of hydrogen-bond acceptors (Lipinski definition) is 6. The summed E-state index contributed by atoms with van der Waals surface area (Å²) in [4.78, 5) is 21.0. The zero-order chi connectivity index (χ0) is 18.7. The van der Waals surface area contributed by atoms with Crippen molar-refractivity contribution >= 4 is 17.1 Å². The van der Waals surface area contributed by atoms with E-state index in [0.29, 0.717) is 48.5 Å². The van der Waals surface area contributed by atoms with Crippen molar-refractivity contribution in [2.24, 2.45) is 5.92 Å². The Kier molecular flexibility index (Phi) is 5.48. The summed E-state index contributed by atoms with van der Waals surface area (Å²) >= 11 is 0. The molecule has 1 aliphatic heterocycles. The summed E-state index contributed by atoms with van der Waals surface area (Å²) in [7, 11) is 1.50. The highest BCUT2D eigenvalue weighted by Crippen LogP contribution is 2.23. The number of methoxy groups -OCH3 is 1. The largest absolute Gasteiger partial charge is 0.481 e. The monoisotopic (exact) mass is 364 g/mol. The van der Waals surface area contributed by atoms with Crippen molar-refractivity contribution in [2.75, 3.05) is 33.3 Å². The van der Waals surface area contributed by atoms with E-state index in [9.17, 15) is 14.3 Å². The number of aliphatic hydroxyl groups is 1. The number of rotatable bonds is 6. The van der Waals surface area contributed by atoms with Crippen LogP contribution < -0.4 is 10.1 Å². The van der Waals surface area contributed by atoms with Gasteiger partial charge in [-0.25, -0.2) is 14.2 Å². The number of aromatic nitrogens is 2. The Balaban J connectivity index is 1.70. The highest BCUT2D eigenvalue weighted by Gasteiger charge is 2.31. The van der Waals surface area contributed by atoms with Crippen molar-refractivity contribution in [3.63, 3.8) is 0 Å². The third kappa shape index (κ3) is 4.00. The first-order chi connectivity index (χ1) is 12.5. The van der Waals surface area contributed by atoms with Crippen molar-refractivity contribution in [1.82, 2.24) is 20.2 Å². The lowest BCUT2D eigenvalue weighted by Gasteiger charge is -2.16. The summed E-state index contributed by atoms with van der Waals surface area (Å²) in [6.45, 7) is 1.68. The summed E-state index contributed by atoms with van der Waals surface area (Å²) < 4.78 is 19.4. The van der Waals surface area contributed by atoms with Crippen molar-refractivity contribution in [3.05, 3.63) is 29.7 Å². The van der Waals surface area contributed by atoms with E-state index in [2.05, 4.69) is 15.3 Å². The van der Waals surface area contributed by atoms with Crippen LogP contribution in [0.1, 0.15) is 5.56 Å². The van der Waals surface area contributed by atoms with Crippen LogP contribution >= 0.6 is 0 Å². The fraction of sp³-hybridized carbons (Fsp3) is 0.471. The summed E-state index contributed by atoms with van der Waals surface area (Å²) in [5.74, 6) is -0.215. The van der Waals surface area contributed by atoms with Crippen molar-refractivity contribution in [2.45, 2.75) is 12.5 Å². The van der Waals surface area contributed by atoms with Crippen LogP contribution in [0, 0.1) is 11.7 Å². The number of hydrogen-bond donors (Lipinski definition) is 3. The predicted molar refractivity (Wildman–Crippen MR) is 91.7 cm³/mol. The second kappa shape index (κ2) is 7.79. The number of pyridine rings is 2. The maximum Gasteiger partial charge on any atom is 0.404 e. The van der Waals surface area contributed by atoms with Gasteiger partial charge in [-0.1, -0.05) is 0 Å². The smallest absolute Gasteiger partial charge is 0.404 e. The lowest BCUT2D eigenvalue weighted by atomic mass is 10.1. The van der Waals surface area contributed by atoms with Gasteiger partial charge in [0.05, 0.1) is 30.4 Å². The Morgan fingerprint density at radius 2 is 2.27 bits per heavy atom. The number of β-amino-alcohol motifs (C(OH)–C–C–N with tert-alkyl or cyclic N) is 1. The van der Waals surface area contributed by atoms with E-state index in [-0.39, 0.29) is 12.5 Å². The third-order valence-corrected chi connectivity index (χ3v) is 4.62. The zero-order valence-electron chi connectivity index (χ0n) is 14.4. The second-order valence-electron chi connectivity index (χ2n) is 6.33. The van der Waals surface area contributed by atoms with Crippen LogP contribution in [0.4, 0.5) is 9.18 Å². The molecule has 0 spiro atoms. The lowest BCUT2D eigenvalue weighted by Crippen LogP contribution is -2.33. The average molecular weight is 364 g/mol. The number of nitrogens with zero attached hydrogens (tertiary/aromatic N) is 3. The number of aliphatic hydroxyl groups excluding tert-OH is 1. The minimum absolute atomic E-state index is 0.177. The highest BCUT2D eigenvalue weighted by atomic mass is 19.1. The fourth-order valence-corrected chi connectivity index (χ4v) is 3.24. The second-order valence-corrected chi connectivity index (χ2v) is 6.33. The number of ether oxygens (including phenoxy) is 1. The summed E-state index contributed by atoms with van der Waals surface area (Å²) in [6, 6.07) is 3.41. The van der Waals surface area contributed by atoms with E-state index >= 15 is 0 Å². The highest BCUT2D eigenvalue weighted by molar-refractivity contribution is 5.78. The molecule has 0 saturated carbocycles. The van der Waals surface area contributed by atoms with Gasteiger partial charge >= 0.3 is 6.09 Å². The SMILES string of the molecule is COc1ccc2ncc(F)c(CCN3C[C@H](CNC(=O)O)[C@H](O)C3)c2n1. The van der Waals surface area contributed by atoms with Crippen LogP contribution in [0.2, 0.25) is 0 Å². The summed E-state index contributed by atoms with van der Waals surface area (Å²) in [5, 5.41) is 21.1. The van der Waals surface area contributed by atoms with E-state index in [1.165, 1.54) is 13.3 Å². The predicted octanol–water partition coefficient (Wildman–Crippen LogP) is 0.880. The third-order valence-electron chi connectivity index (χ3n) is 4.62. The minimum Gasteiger partial charge on any atom is -0.481 e. The molecule has 2 aromatic rings. The van der Waals surface area contributed by atoms with Gasteiger partial charge in [0.25, 0.3) is 0 Å². The molecule has 26 heavy (non-hydrogen) atoms. The van der Waals surface area contributed by atoms with E-state index in [1.807, 2.05) is 4.90 Å². The number of carboxylic acid groups (broad SMARTS) is 1. The van der Waals surface area contributed by atoms with E-state index in [1.54, 1.807) is 12.1 Å². The lowest BCUT2D eigenvalue weighted by molar-refractivity contribution is 0.138. The molecule has 2 aromatic heterocycles. The van der Waals surface area contributed by atoms with Crippen molar-refractivity contribution in [3.8, 4) is 5.88 Å². The number of amides is 1. The Hall–Kier alpha value is -2.52. The first-order valence-corrected chi connectivity index (χ1v) is 8.33. The molecule has 0 aliphatic carbocycles. The zero-order valence-corrected chi connectivity index (χ0v) is 14.4. The average Bonchev–Trinajstić information content (AvgIpc) is 2.98. The maximum absolute atomic E-state index is 14.3. The number of fused-ring (bicyclic) bond motifs is 1. The van der Waals surface area contributed by atoms with Gasteiger partial charge in [-0.3, -0.25) is 9.88 Å². The van der Waals surface area contributed by atoms with Crippen LogP contribution in [0.15, 0.2) is 18.3 Å². The van der Waals surface area contributed by atoms with Gasteiger partial charge in [0.2, 0.25) is 5.88 Å². The van der Waals surface area contributed by atoms with Gasteiger partial charge in [0, 0.05) is 43.7 Å². The van der Waals surface area contributed by atoms with Crippen LogP contribution in [0.5, 0.6) is 5.88 Å². The quantitative estimate of drug-likeness (QED) is 0.698. The molecule has 140 valence electrons. The van der Waals surface area contributed by atoms with Crippen molar-refractivity contribution < 1.29 is 24.1 Å². The van der Waals surface area contributed by atoms with E-state index < -0.39 is 18.0 Å². The molecule has 1 aliphatic rings. The minimum atomic E-state index is -1.11. The van der Waals surface area contributed by atoms with Crippen LogP contribution in [-0.2, 0) is 6.42 Å². The standard InChI is InChI=1S/C17H21FN4O4/c1-26-15-3-2-13-16(21-15)11(12(18)7-19-13)4-5-22-8-10(14(23)9-22)6-20-17(24)25/h2-3,7,10,14,20,23H,4-6,8-9H2,1H3,(H,24,25)/t10-,14+/m0/s1. The van der Waals surface area contributed by atoms with Gasteiger partial charge in [-0.05, 0) is 12.5 Å². The molecule has 0 radical (unpaired) electrons. The van der Waals surface area contributed by atoms with Gasteiger partial charge < -0.3 is 20.3 Å². The molecule has 9 heteroatoms. The van der Waals surface area contributed by atoms with E-state index in [4.69, 9.17) is 9.84 Å². The number of carbonyl (C=O) groups is 1. The van der Waals surface area contributed by atoms with Gasteiger partial charge in [0.15, 0.2) is 0 Å². The van der Waals surface area contributed by atoms with Crippen LogP contribution in [0.3, 0.4) is 0 Å². The van der Waals surface area contributed by atoms with Gasteiger partial charge in [0.1, 0.15) is 5.82 Å². The normalized spacial score (nSPS) is 20.4. The molecule has 3 N–H and O–H groups in total. The molecule has 8 nitrogen and oxygen atoms in total. The molecule has 2 atom stereocenters. The maximum atomic E-state index is 14.3. The molecule has 0 bridgehead atoms. The summed E-state index contributed by atoms with van der Waals surface area (Å²) in [5.41, 5.74) is 1.51. The molecular weight excluding hydrogens is 343 g/mol. The molecule has 0 aromatic carbocycles. The van der Waals surface area contributed by atoms with E-state index in [0.717, 1.165) is 0 Å². The Morgan fingerprint density at radius 1 is 1.46 bits per heavy atom. The van der Waals surface area contributed by atoms with Gasteiger partial charge in [-0.2, -0.15) is 0 Å². The van der Waals surface area contributed by atoms with Gasteiger partial charge in [-0.15, -0.1) is 0 Å². The Bertz CT molecular complexity index is 804. The number of nitrogens with one attached hydrogen (secondary N) is 1. The molecule has 1 saturated heterocycles. The molecular formula is C17H21FN4O4. The Morgan fingerprint density at radius 3 is 3.00 bits per heavy atom. The summed E-state index contributed by atoms with van der Waals surface area (Å²) in [6.07, 6.45) is -0.138. The fourth-order valence-electron chi connectivity index (χ4n) is 3.24. The topological polar surface area (TPSA) is 108 Å². The Labute approximate surface area is 149 Å².